The first-order valence-corrected chi connectivity index (χ1v) is 7.58. The van der Waals surface area contributed by atoms with E-state index in [0.717, 1.165) is 32.1 Å². The van der Waals surface area contributed by atoms with Crippen molar-refractivity contribution in [2.45, 2.75) is 50.3 Å². The Morgan fingerprint density at radius 1 is 1.38 bits per heavy atom. The molecule has 2 fully saturated rings. The second-order valence-corrected chi connectivity index (χ2v) is 6.94. The summed E-state index contributed by atoms with van der Waals surface area (Å²) < 4.78 is 26.9. The Morgan fingerprint density at radius 2 is 2.06 bits per heavy atom. The molecule has 0 aliphatic heterocycles. The number of sulfonamides is 1. The van der Waals surface area contributed by atoms with Crippen LogP contribution in [0.1, 0.15) is 39.0 Å². The zero-order valence-corrected chi connectivity index (χ0v) is 10.5. The molecule has 0 saturated heterocycles. The maximum absolute atomic E-state index is 11.6. The predicted molar refractivity (Wildman–Crippen MR) is 64.9 cm³/mol. The molecule has 0 spiro atoms. The van der Waals surface area contributed by atoms with Crippen LogP contribution in [-0.2, 0) is 10.0 Å². The van der Waals surface area contributed by atoms with Gasteiger partial charge in [0.15, 0.2) is 0 Å². The van der Waals surface area contributed by atoms with Gasteiger partial charge in [-0.15, -0.1) is 0 Å². The number of rotatable bonds is 4. The molecule has 0 heterocycles. The fourth-order valence-corrected chi connectivity index (χ4v) is 3.66. The number of hydrogen-bond donors (Lipinski definition) is 1. The summed E-state index contributed by atoms with van der Waals surface area (Å²) in [7, 11) is -3.19. The van der Waals surface area contributed by atoms with Crippen molar-refractivity contribution < 1.29 is 8.42 Å². The lowest BCUT2D eigenvalue weighted by molar-refractivity contribution is 0.465. The van der Waals surface area contributed by atoms with E-state index in [9.17, 15) is 8.42 Å². The van der Waals surface area contributed by atoms with Crippen LogP contribution >= 0.6 is 0 Å². The van der Waals surface area contributed by atoms with Crippen molar-refractivity contribution in [2.24, 2.45) is 22.0 Å². The second-order valence-electron chi connectivity index (χ2n) is 5.03. The summed E-state index contributed by atoms with van der Waals surface area (Å²) in [5.74, 6) is 0.786. The molecular weight excluding hydrogens is 224 g/mol. The Bertz CT molecular complexity index is 373. The summed E-state index contributed by atoms with van der Waals surface area (Å²) in [6.45, 7) is 2.13. The molecule has 0 amide bonds. The molecule has 1 unspecified atom stereocenters. The summed E-state index contributed by atoms with van der Waals surface area (Å²) in [4.78, 5) is 0. The van der Waals surface area contributed by atoms with Crippen molar-refractivity contribution in [2.75, 3.05) is 0 Å². The third-order valence-corrected chi connectivity index (χ3v) is 5.40. The van der Waals surface area contributed by atoms with Crippen LogP contribution in [0.2, 0.25) is 0 Å². The van der Waals surface area contributed by atoms with Crippen LogP contribution in [0.25, 0.3) is 0 Å². The zero-order chi connectivity index (χ0) is 11.8. The van der Waals surface area contributed by atoms with Crippen LogP contribution in [0, 0.1) is 11.8 Å². The van der Waals surface area contributed by atoms with Crippen molar-refractivity contribution in [1.82, 2.24) is 0 Å². The zero-order valence-electron chi connectivity index (χ0n) is 9.67. The molecular formula is C11H20N2O2S. The second kappa shape index (κ2) is 4.45. The standard InChI is InChI=1S/C11H20N2O2S/c1-2-9-5-8(6-11(9)12)7-13-16(14,15)10-3-4-10/h7-11H,2-6,12H2,1H3/t8?,9-,11+/m1/s1. The minimum atomic E-state index is -3.19. The third-order valence-electron chi connectivity index (χ3n) is 3.67. The van der Waals surface area contributed by atoms with Gasteiger partial charge in [0.05, 0.1) is 5.25 Å². The van der Waals surface area contributed by atoms with Crippen LogP contribution in [0.15, 0.2) is 4.40 Å². The SMILES string of the molecule is CC[C@@H]1CC(C=NS(=O)(=O)C2CC2)C[C@@H]1N. The lowest BCUT2D eigenvalue weighted by Gasteiger charge is -2.10. The van der Waals surface area contributed by atoms with Gasteiger partial charge in [-0.05, 0) is 37.5 Å². The number of nitrogens with zero attached hydrogens (tertiary/aromatic N) is 1. The average Bonchev–Trinajstić information content (AvgIpc) is 3.01. The van der Waals surface area contributed by atoms with Gasteiger partial charge >= 0.3 is 0 Å². The van der Waals surface area contributed by atoms with E-state index >= 15 is 0 Å². The van der Waals surface area contributed by atoms with E-state index in [-0.39, 0.29) is 17.2 Å². The molecule has 0 bridgehead atoms. The Hall–Kier alpha value is -0.420. The molecule has 0 radical (unpaired) electrons. The van der Waals surface area contributed by atoms with Crippen LogP contribution in [0.4, 0.5) is 0 Å². The Kier molecular flexibility index (Phi) is 3.35. The van der Waals surface area contributed by atoms with Crippen molar-refractivity contribution >= 4 is 16.2 Å². The predicted octanol–water partition coefficient (Wildman–Crippen LogP) is 1.31. The van der Waals surface area contributed by atoms with Crippen LogP contribution in [0.5, 0.6) is 0 Å². The highest BCUT2D eigenvalue weighted by molar-refractivity contribution is 7.91. The first kappa shape index (κ1) is 12.0. The van der Waals surface area contributed by atoms with Gasteiger partial charge in [0.2, 0.25) is 0 Å². The molecule has 4 nitrogen and oxygen atoms in total. The fraction of sp³-hybridized carbons (Fsp3) is 0.909. The molecule has 16 heavy (non-hydrogen) atoms. The quantitative estimate of drug-likeness (QED) is 0.758. The smallest absolute Gasteiger partial charge is 0.255 e. The van der Waals surface area contributed by atoms with Gasteiger partial charge in [-0.25, -0.2) is 8.42 Å². The molecule has 3 atom stereocenters. The van der Waals surface area contributed by atoms with E-state index in [2.05, 4.69) is 11.3 Å². The average molecular weight is 244 g/mol. The molecule has 0 aromatic heterocycles. The van der Waals surface area contributed by atoms with Gasteiger partial charge in [-0.2, -0.15) is 4.40 Å². The minimum absolute atomic E-state index is 0.194. The monoisotopic (exact) mass is 244 g/mol. The minimum Gasteiger partial charge on any atom is -0.327 e. The van der Waals surface area contributed by atoms with Crippen molar-refractivity contribution in [3.8, 4) is 0 Å². The van der Waals surface area contributed by atoms with E-state index < -0.39 is 10.0 Å². The highest BCUT2D eigenvalue weighted by Gasteiger charge is 2.36. The molecule has 0 aromatic rings. The molecule has 2 aliphatic rings. The highest BCUT2D eigenvalue weighted by Crippen LogP contribution is 2.32. The van der Waals surface area contributed by atoms with Gasteiger partial charge in [0.1, 0.15) is 0 Å². The van der Waals surface area contributed by atoms with Crippen LogP contribution in [0.3, 0.4) is 0 Å². The maximum atomic E-state index is 11.6. The third kappa shape index (κ3) is 2.63. The van der Waals surface area contributed by atoms with Gasteiger partial charge in [-0.1, -0.05) is 13.3 Å². The summed E-state index contributed by atoms with van der Waals surface area (Å²) in [6.07, 6.45) is 6.12. The largest absolute Gasteiger partial charge is 0.327 e. The van der Waals surface area contributed by atoms with Gasteiger partial charge in [-0.3, -0.25) is 0 Å². The summed E-state index contributed by atoms with van der Waals surface area (Å²) in [6, 6.07) is 0.213. The van der Waals surface area contributed by atoms with Crippen molar-refractivity contribution in [3.63, 3.8) is 0 Å². The molecule has 2 rings (SSSR count). The highest BCUT2D eigenvalue weighted by atomic mass is 32.2. The number of nitrogens with two attached hydrogens (primary N) is 1. The van der Waals surface area contributed by atoms with Crippen LogP contribution < -0.4 is 5.73 Å². The van der Waals surface area contributed by atoms with Crippen molar-refractivity contribution in [3.05, 3.63) is 0 Å². The van der Waals surface area contributed by atoms with E-state index in [1.54, 1.807) is 6.21 Å². The van der Waals surface area contributed by atoms with E-state index in [1.807, 2.05) is 0 Å². The van der Waals surface area contributed by atoms with E-state index in [0.29, 0.717) is 5.92 Å². The van der Waals surface area contributed by atoms with Crippen molar-refractivity contribution in [1.29, 1.82) is 0 Å². The van der Waals surface area contributed by atoms with E-state index in [4.69, 9.17) is 5.73 Å². The molecule has 2 saturated carbocycles. The molecule has 2 aliphatic carbocycles. The molecule has 5 heteroatoms. The lowest BCUT2D eigenvalue weighted by atomic mass is 10.0. The Labute approximate surface area is 97.4 Å². The van der Waals surface area contributed by atoms with Crippen LogP contribution in [-0.4, -0.2) is 25.9 Å². The fourth-order valence-electron chi connectivity index (χ4n) is 2.42. The number of hydrogen-bond acceptors (Lipinski definition) is 3. The topological polar surface area (TPSA) is 72.5 Å². The first-order chi connectivity index (χ1) is 7.53. The lowest BCUT2D eigenvalue weighted by Crippen LogP contribution is -2.23. The Morgan fingerprint density at radius 3 is 2.56 bits per heavy atom. The summed E-state index contributed by atoms with van der Waals surface area (Å²) >= 11 is 0. The maximum Gasteiger partial charge on any atom is 0.255 e. The summed E-state index contributed by atoms with van der Waals surface area (Å²) in [5.41, 5.74) is 5.98. The van der Waals surface area contributed by atoms with Gasteiger partial charge in [0, 0.05) is 12.3 Å². The normalized spacial score (nSPS) is 36.0. The molecule has 92 valence electrons. The molecule has 2 N–H and O–H groups in total. The first-order valence-electron chi connectivity index (χ1n) is 6.07. The van der Waals surface area contributed by atoms with E-state index in [1.165, 1.54) is 0 Å². The van der Waals surface area contributed by atoms with Gasteiger partial charge < -0.3 is 5.73 Å². The Balaban J connectivity index is 1.93. The summed E-state index contributed by atoms with van der Waals surface area (Å²) in [5, 5.41) is -0.194. The van der Waals surface area contributed by atoms with Gasteiger partial charge in [0.25, 0.3) is 10.0 Å². The molecule has 0 aromatic carbocycles.